The first-order chi connectivity index (χ1) is 13.7. The number of aryl methyl sites for hydroxylation is 2. The summed E-state index contributed by atoms with van der Waals surface area (Å²) in [5, 5.41) is 11.2. The van der Waals surface area contributed by atoms with E-state index in [0.717, 1.165) is 64.4 Å². The Morgan fingerprint density at radius 3 is 2.76 bits per heavy atom. The Hall–Kier alpha value is -1.32. The molecule has 1 amide bonds. The van der Waals surface area contributed by atoms with Gasteiger partial charge in [0.25, 0.3) is 0 Å². The average molecular weight is 516 g/mol. The largest absolute Gasteiger partial charge is 0.357 e. The Kier molecular flexibility index (Phi) is 10.2. The van der Waals surface area contributed by atoms with Crippen LogP contribution in [-0.2, 0) is 11.3 Å². The van der Waals surface area contributed by atoms with E-state index in [4.69, 9.17) is 4.99 Å². The fourth-order valence-electron chi connectivity index (χ4n) is 4.21. The number of rotatable bonds is 7. The van der Waals surface area contributed by atoms with Crippen LogP contribution in [0.4, 0.5) is 0 Å². The van der Waals surface area contributed by atoms with E-state index in [-0.39, 0.29) is 29.9 Å². The molecule has 2 aliphatic rings. The number of nitrogens with zero attached hydrogens (tertiary/aromatic N) is 4. The van der Waals surface area contributed by atoms with Crippen molar-refractivity contribution in [2.75, 3.05) is 26.2 Å². The smallest absolute Gasteiger partial charge is 0.225 e. The van der Waals surface area contributed by atoms with Crippen molar-refractivity contribution in [1.82, 2.24) is 25.3 Å². The van der Waals surface area contributed by atoms with E-state index < -0.39 is 0 Å². The predicted molar refractivity (Wildman–Crippen MR) is 128 cm³/mol. The van der Waals surface area contributed by atoms with Gasteiger partial charge in [0.15, 0.2) is 5.96 Å². The van der Waals surface area contributed by atoms with Crippen LogP contribution in [0.1, 0.15) is 57.4 Å². The monoisotopic (exact) mass is 516 g/mol. The molecule has 1 atom stereocenters. The summed E-state index contributed by atoms with van der Waals surface area (Å²) in [4.78, 5) is 19.5. The average Bonchev–Trinajstić information content (AvgIpc) is 3.34. The summed E-state index contributed by atoms with van der Waals surface area (Å²) in [6, 6.07) is 0.291. The lowest BCUT2D eigenvalue weighted by Crippen LogP contribution is -2.45. The van der Waals surface area contributed by atoms with E-state index in [0.29, 0.717) is 11.9 Å². The van der Waals surface area contributed by atoms with E-state index in [1.165, 1.54) is 24.8 Å². The molecule has 0 spiro atoms. The van der Waals surface area contributed by atoms with Crippen LogP contribution in [0.15, 0.2) is 17.4 Å². The fraction of sp³-hybridized carbons (Fsp3) is 0.762. The minimum absolute atomic E-state index is 0. The quantitative estimate of drug-likeness (QED) is 0.253. The zero-order valence-electron chi connectivity index (χ0n) is 17.9. The van der Waals surface area contributed by atoms with Crippen molar-refractivity contribution in [3.05, 3.63) is 18.0 Å². The zero-order valence-corrected chi connectivity index (χ0v) is 20.2. The first kappa shape index (κ1) is 24.0. The van der Waals surface area contributed by atoms with Crippen molar-refractivity contribution >= 4 is 35.8 Å². The number of nitrogens with one attached hydrogen (secondary N) is 2. The second kappa shape index (κ2) is 12.4. The number of hydrogen-bond donors (Lipinski definition) is 2. The van der Waals surface area contributed by atoms with Crippen LogP contribution < -0.4 is 10.6 Å². The van der Waals surface area contributed by atoms with Crippen molar-refractivity contribution in [2.24, 2.45) is 10.9 Å². The maximum absolute atomic E-state index is 12.7. The molecule has 3 rings (SSSR count). The summed E-state index contributed by atoms with van der Waals surface area (Å²) >= 11 is 0. The molecule has 7 nitrogen and oxygen atoms in total. The molecule has 8 heteroatoms. The Morgan fingerprint density at radius 2 is 2.07 bits per heavy atom. The number of halogens is 1. The lowest BCUT2D eigenvalue weighted by molar-refractivity contribution is -0.135. The van der Waals surface area contributed by atoms with Crippen molar-refractivity contribution in [1.29, 1.82) is 0 Å². The van der Waals surface area contributed by atoms with E-state index in [1.54, 1.807) is 0 Å². The summed E-state index contributed by atoms with van der Waals surface area (Å²) in [6.45, 7) is 8.27. The second-order valence-electron chi connectivity index (χ2n) is 8.14. The first-order valence-corrected chi connectivity index (χ1v) is 11.0. The van der Waals surface area contributed by atoms with Gasteiger partial charge in [-0.2, -0.15) is 5.10 Å². The number of likely N-dealkylation sites (tertiary alicyclic amines) is 1. The van der Waals surface area contributed by atoms with Gasteiger partial charge < -0.3 is 15.5 Å². The van der Waals surface area contributed by atoms with Crippen LogP contribution in [0.2, 0.25) is 0 Å². The highest BCUT2D eigenvalue weighted by atomic mass is 127. The molecular weight excluding hydrogens is 479 g/mol. The highest BCUT2D eigenvalue weighted by Crippen LogP contribution is 2.26. The van der Waals surface area contributed by atoms with Gasteiger partial charge in [-0.05, 0) is 45.1 Å². The third-order valence-electron chi connectivity index (χ3n) is 5.72. The maximum Gasteiger partial charge on any atom is 0.225 e. The summed E-state index contributed by atoms with van der Waals surface area (Å²) in [6.07, 6.45) is 11.8. The number of carbonyl (C=O) groups excluding carboxylic acids is 1. The molecule has 164 valence electrons. The number of guanidine groups is 1. The Bertz CT molecular complexity index is 655. The van der Waals surface area contributed by atoms with Crippen molar-refractivity contribution in [3.8, 4) is 0 Å². The molecule has 1 aromatic rings. The minimum atomic E-state index is 0. The second-order valence-corrected chi connectivity index (χ2v) is 8.14. The van der Waals surface area contributed by atoms with Crippen LogP contribution in [0.3, 0.4) is 0 Å². The van der Waals surface area contributed by atoms with Gasteiger partial charge in [0.05, 0.1) is 6.20 Å². The van der Waals surface area contributed by atoms with E-state index in [9.17, 15) is 4.79 Å². The fourth-order valence-corrected chi connectivity index (χ4v) is 4.21. The highest BCUT2D eigenvalue weighted by Gasteiger charge is 2.31. The van der Waals surface area contributed by atoms with Crippen molar-refractivity contribution in [2.45, 2.75) is 71.4 Å². The molecule has 1 aliphatic carbocycles. The van der Waals surface area contributed by atoms with E-state index in [2.05, 4.69) is 40.7 Å². The van der Waals surface area contributed by atoms with Gasteiger partial charge in [0.1, 0.15) is 0 Å². The van der Waals surface area contributed by atoms with Gasteiger partial charge in [-0.25, -0.2) is 0 Å². The Balaban J connectivity index is 0.00000300. The lowest BCUT2D eigenvalue weighted by Gasteiger charge is -2.26. The molecule has 1 aliphatic heterocycles. The van der Waals surface area contributed by atoms with Gasteiger partial charge in [-0.15, -0.1) is 24.0 Å². The molecule has 1 saturated carbocycles. The summed E-state index contributed by atoms with van der Waals surface area (Å²) < 4.78 is 1.97. The molecular formula is C21H37IN6O. The number of carbonyl (C=O) groups is 1. The standard InChI is InChI=1S/C21H36N6O.HI/c1-3-22-21(23-11-7-12-27-15-17(2)14-24-27)25-19-10-13-26(16-19)20(28)18-8-5-4-6-9-18;/h14-15,18-19H,3-13,16H2,1-2H3,(H2,22,23,25);1H. The van der Waals surface area contributed by atoms with Crippen LogP contribution >= 0.6 is 24.0 Å². The van der Waals surface area contributed by atoms with Gasteiger partial charge in [0, 0.05) is 50.9 Å². The maximum atomic E-state index is 12.7. The third-order valence-corrected chi connectivity index (χ3v) is 5.72. The van der Waals surface area contributed by atoms with Gasteiger partial charge in [-0.3, -0.25) is 14.5 Å². The summed E-state index contributed by atoms with van der Waals surface area (Å²) in [5.41, 5.74) is 1.19. The molecule has 2 N–H and O–H groups in total. The Labute approximate surface area is 192 Å². The van der Waals surface area contributed by atoms with Gasteiger partial charge in [-0.1, -0.05) is 19.3 Å². The number of aliphatic imine (C=N–C) groups is 1. The number of hydrogen-bond acceptors (Lipinski definition) is 3. The minimum Gasteiger partial charge on any atom is -0.357 e. The zero-order chi connectivity index (χ0) is 19.8. The molecule has 1 unspecified atom stereocenters. The Morgan fingerprint density at radius 1 is 1.28 bits per heavy atom. The van der Waals surface area contributed by atoms with Crippen LogP contribution in [0.25, 0.3) is 0 Å². The lowest BCUT2D eigenvalue weighted by atomic mass is 9.88. The highest BCUT2D eigenvalue weighted by molar-refractivity contribution is 14.0. The first-order valence-electron chi connectivity index (χ1n) is 11.0. The van der Waals surface area contributed by atoms with Crippen LogP contribution in [-0.4, -0.2) is 58.8 Å². The van der Waals surface area contributed by atoms with Crippen LogP contribution in [0, 0.1) is 12.8 Å². The SMILES string of the molecule is CCNC(=NCCCn1cc(C)cn1)NC1CCN(C(=O)C2CCCCC2)C1.I. The van der Waals surface area contributed by atoms with E-state index in [1.807, 2.05) is 10.9 Å². The molecule has 2 heterocycles. The molecule has 1 aromatic heterocycles. The topological polar surface area (TPSA) is 74.6 Å². The molecule has 0 radical (unpaired) electrons. The molecule has 0 bridgehead atoms. The van der Waals surface area contributed by atoms with Crippen LogP contribution in [0.5, 0.6) is 0 Å². The number of aromatic nitrogens is 2. The van der Waals surface area contributed by atoms with Gasteiger partial charge in [0.2, 0.25) is 5.91 Å². The molecule has 29 heavy (non-hydrogen) atoms. The third kappa shape index (κ3) is 7.46. The molecule has 1 saturated heterocycles. The molecule has 0 aromatic carbocycles. The van der Waals surface area contributed by atoms with Crippen molar-refractivity contribution in [3.63, 3.8) is 0 Å². The summed E-state index contributed by atoms with van der Waals surface area (Å²) in [7, 11) is 0. The predicted octanol–water partition coefficient (Wildman–Crippen LogP) is 2.94. The van der Waals surface area contributed by atoms with Gasteiger partial charge >= 0.3 is 0 Å². The van der Waals surface area contributed by atoms with Crippen molar-refractivity contribution < 1.29 is 4.79 Å². The molecule has 2 fully saturated rings. The van der Waals surface area contributed by atoms with E-state index >= 15 is 0 Å². The summed E-state index contributed by atoms with van der Waals surface area (Å²) in [5.74, 6) is 1.50. The number of amides is 1. The normalized spacial score (nSPS) is 20.4.